The van der Waals surface area contributed by atoms with Gasteiger partial charge in [-0.25, -0.2) is 4.79 Å². The average molecular weight is 1080 g/mol. The molecule has 416 valence electrons. The first-order valence-electron chi connectivity index (χ1n) is 25.6. The van der Waals surface area contributed by atoms with Crippen LogP contribution in [0.2, 0.25) is 0 Å². The summed E-state index contributed by atoms with van der Waals surface area (Å²) in [4.78, 5) is 82.3. The summed E-state index contributed by atoms with van der Waals surface area (Å²) in [5, 5.41) is 12.2. The molecule has 1 unspecified atom stereocenters. The molecule has 0 aliphatic heterocycles. The van der Waals surface area contributed by atoms with Crippen LogP contribution < -0.4 is 22.2 Å². The number of ether oxygens (including phenoxy) is 2. The maximum Gasteiger partial charge on any atom is 0.326 e. The van der Waals surface area contributed by atoms with Gasteiger partial charge in [-0.1, -0.05) is 71.5 Å². The van der Waals surface area contributed by atoms with Gasteiger partial charge in [0.15, 0.2) is 0 Å². The number of carboxylic acid groups (broad SMARTS) is 1. The number of benzene rings is 2. The molecule has 2 aromatic carbocycles. The molecule has 4 aromatic heterocycles. The SMILES string of the molecule is C.CCOC(=O)C[C@@H](N)c1ccnc(-c2c(C)cccc2C)c1.CCOC(=O)C[C@@H](NC(=O)C(CC(C)C)n1ccc(C)cc1=O)c1ccnc(-c2c(C)cccc2C)c1.Cc1ccn([C@@H](CC(C)C)C(=O)O)c(=O)c1.Cl. The molecule has 0 aliphatic carbocycles. The van der Waals surface area contributed by atoms with Gasteiger partial charge in [-0.2, -0.15) is 0 Å². The van der Waals surface area contributed by atoms with Crippen LogP contribution in [-0.2, 0) is 28.7 Å². The van der Waals surface area contributed by atoms with E-state index in [1.165, 1.54) is 32.4 Å². The molecule has 6 rings (SSSR count). The van der Waals surface area contributed by atoms with Crippen molar-refractivity contribution >= 4 is 36.2 Å². The van der Waals surface area contributed by atoms with E-state index in [-0.39, 0.29) is 80.2 Å². The summed E-state index contributed by atoms with van der Waals surface area (Å²) in [5.74, 6) is -1.57. The smallest absolute Gasteiger partial charge is 0.326 e. The molecule has 4 heterocycles. The molecule has 4 atom stereocenters. The van der Waals surface area contributed by atoms with Gasteiger partial charge < -0.3 is 34.8 Å². The number of rotatable bonds is 19. The van der Waals surface area contributed by atoms with E-state index in [0.717, 1.165) is 55.9 Å². The Morgan fingerprint density at radius 1 is 0.610 bits per heavy atom. The van der Waals surface area contributed by atoms with Gasteiger partial charge in [-0.15, -0.1) is 12.4 Å². The molecular weight excluding hydrogens is 996 g/mol. The number of carboxylic acids is 1. The van der Waals surface area contributed by atoms with E-state index in [1.807, 2.05) is 104 Å². The quantitative estimate of drug-likeness (QED) is 0.0646. The Morgan fingerprint density at radius 3 is 1.43 bits per heavy atom. The lowest BCUT2D eigenvalue weighted by Gasteiger charge is -2.25. The minimum absolute atomic E-state index is 0. The molecule has 0 radical (unpaired) electrons. The zero-order chi connectivity index (χ0) is 55.5. The first-order chi connectivity index (χ1) is 35.5. The number of halogens is 1. The van der Waals surface area contributed by atoms with E-state index in [2.05, 4.69) is 41.3 Å². The fourth-order valence-electron chi connectivity index (χ4n) is 8.74. The Hall–Kier alpha value is -7.23. The molecule has 0 bridgehead atoms. The van der Waals surface area contributed by atoms with Gasteiger partial charge >= 0.3 is 17.9 Å². The van der Waals surface area contributed by atoms with E-state index < -0.39 is 30.1 Å². The lowest BCUT2D eigenvalue weighted by atomic mass is 9.96. The minimum Gasteiger partial charge on any atom is -0.480 e. The molecule has 77 heavy (non-hydrogen) atoms. The van der Waals surface area contributed by atoms with Crippen LogP contribution in [-0.4, -0.2) is 61.2 Å². The maximum absolute atomic E-state index is 13.7. The molecule has 16 heteroatoms. The standard InChI is InChI=1S/C30H37N3O4.C18H22N2O2.C12H17NO3.CH4.ClH/c1-7-37-28(35)18-24(23-11-13-31-25(17-23)29-21(5)9-8-10-22(29)6)32-30(36)26(15-19(2)3)33-14-12-20(4)16-27(33)34;1-4-22-17(21)11-15(19)14-8-9-20-16(10-14)18-12(2)6-5-7-13(18)3;1-8(2)6-10(12(15)16)13-5-4-9(3)7-11(13)14;;/h8-14,16-17,19,24,26H,7,15,18H2,1-6H3,(H,32,36);5-10,15H,4,11,19H2,1-3H3;4-5,7-8,10H,6H2,1-3H3,(H,15,16);1H4;1H/t24-,26?;15-;10-;;/m110../s1. The number of nitrogens with zero attached hydrogens (tertiary/aromatic N) is 4. The molecule has 0 saturated heterocycles. The monoisotopic (exact) mass is 1080 g/mol. The van der Waals surface area contributed by atoms with Crippen molar-refractivity contribution in [3.8, 4) is 22.5 Å². The molecule has 0 spiro atoms. The van der Waals surface area contributed by atoms with Crippen LogP contribution in [0, 0.1) is 53.4 Å². The summed E-state index contributed by atoms with van der Waals surface area (Å²) in [6.07, 6.45) is 7.72. The third kappa shape index (κ3) is 19.7. The Kier molecular flexibility index (Phi) is 27.1. The Bertz CT molecular complexity index is 2980. The number of hydrogen-bond donors (Lipinski definition) is 3. The summed E-state index contributed by atoms with van der Waals surface area (Å²) in [6.45, 7) is 23.9. The summed E-state index contributed by atoms with van der Waals surface area (Å²) in [5.41, 5.74) is 17.3. The van der Waals surface area contributed by atoms with Crippen LogP contribution in [0.1, 0.15) is 143 Å². The van der Waals surface area contributed by atoms with Gasteiger partial charge in [-0.3, -0.25) is 33.9 Å². The summed E-state index contributed by atoms with van der Waals surface area (Å²) in [7, 11) is 0. The van der Waals surface area contributed by atoms with E-state index in [0.29, 0.717) is 19.4 Å². The van der Waals surface area contributed by atoms with Crippen LogP contribution >= 0.6 is 12.4 Å². The first kappa shape index (κ1) is 65.9. The van der Waals surface area contributed by atoms with Crippen molar-refractivity contribution in [1.29, 1.82) is 0 Å². The number of hydrogen-bond acceptors (Lipinski definition) is 11. The zero-order valence-corrected chi connectivity index (χ0v) is 46.9. The highest BCUT2D eigenvalue weighted by molar-refractivity contribution is 5.85. The largest absolute Gasteiger partial charge is 0.480 e. The predicted octanol–water partition coefficient (Wildman–Crippen LogP) is 11.4. The molecule has 4 N–H and O–H groups in total. The maximum atomic E-state index is 13.7. The van der Waals surface area contributed by atoms with Crippen molar-refractivity contribution in [3.63, 3.8) is 0 Å². The fourth-order valence-corrected chi connectivity index (χ4v) is 8.74. The van der Waals surface area contributed by atoms with Crippen molar-refractivity contribution in [2.75, 3.05) is 13.2 Å². The number of pyridine rings is 4. The highest BCUT2D eigenvalue weighted by Crippen LogP contribution is 2.30. The van der Waals surface area contributed by atoms with Crippen molar-refractivity contribution in [2.45, 2.75) is 140 Å². The van der Waals surface area contributed by atoms with Crippen molar-refractivity contribution in [3.05, 3.63) is 175 Å². The average Bonchev–Trinajstić information content (AvgIpc) is 3.33. The van der Waals surface area contributed by atoms with Gasteiger partial charge in [0.05, 0.1) is 43.5 Å². The van der Waals surface area contributed by atoms with Crippen LogP contribution in [0.4, 0.5) is 0 Å². The first-order valence-corrected chi connectivity index (χ1v) is 25.6. The number of aromatic nitrogens is 4. The van der Waals surface area contributed by atoms with Crippen molar-refractivity contribution in [2.24, 2.45) is 17.6 Å². The van der Waals surface area contributed by atoms with Gasteiger partial charge in [-0.05, 0) is 161 Å². The highest BCUT2D eigenvalue weighted by atomic mass is 35.5. The topological polar surface area (TPSA) is 215 Å². The van der Waals surface area contributed by atoms with E-state index in [1.54, 1.807) is 50.8 Å². The Labute approximate surface area is 461 Å². The van der Waals surface area contributed by atoms with Crippen LogP contribution in [0.25, 0.3) is 22.5 Å². The van der Waals surface area contributed by atoms with Crippen LogP contribution in [0.3, 0.4) is 0 Å². The second-order valence-corrected chi connectivity index (χ2v) is 19.7. The molecule has 0 saturated carbocycles. The number of amides is 1. The minimum atomic E-state index is -0.959. The predicted molar refractivity (Wildman–Crippen MR) is 308 cm³/mol. The number of nitrogens with one attached hydrogen (secondary N) is 1. The van der Waals surface area contributed by atoms with Gasteiger partial charge in [0.1, 0.15) is 12.1 Å². The Balaban J connectivity index is 0.000000430. The molecule has 6 aromatic rings. The second-order valence-electron chi connectivity index (χ2n) is 19.7. The molecule has 0 fully saturated rings. The van der Waals surface area contributed by atoms with Crippen LogP contribution in [0.15, 0.2) is 119 Å². The van der Waals surface area contributed by atoms with E-state index in [9.17, 15) is 28.8 Å². The zero-order valence-electron chi connectivity index (χ0n) is 46.1. The van der Waals surface area contributed by atoms with E-state index >= 15 is 0 Å². The number of esters is 2. The number of carbonyl (C=O) groups excluding carboxylic acids is 3. The van der Waals surface area contributed by atoms with Gasteiger partial charge in [0, 0.05) is 54.1 Å². The number of aryl methyl sites for hydroxylation is 6. The molecule has 15 nitrogen and oxygen atoms in total. The number of nitrogens with two attached hydrogens (primary N) is 1. The fraction of sp³-hybridized carbons (Fsp3) is 0.410. The van der Waals surface area contributed by atoms with Gasteiger partial charge in [0.2, 0.25) is 5.91 Å². The number of aliphatic carboxylic acids is 1. The highest BCUT2D eigenvalue weighted by Gasteiger charge is 2.28. The normalized spacial score (nSPS) is 12.2. The van der Waals surface area contributed by atoms with Gasteiger partial charge in [0.25, 0.3) is 11.1 Å². The summed E-state index contributed by atoms with van der Waals surface area (Å²) >= 11 is 0. The van der Waals surface area contributed by atoms with Crippen molar-refractivity contribution in [1.82, 2.24) is 24.4 Å². The van der Waals surface area contributed by atoms with Crippen molar-refractivity contribution < 1.29 is 33.8 Å². The molecular formula is C61H81ClN6O9. The third-order valence-corrected chi connectivity index (χ3v) is 12.4. The number of carbonyl (C=O) groups is 4. The third-order valence-electron chi connectivity index (χ3n) is 12.4. The summed E-state index contributed by atoms with van der Waals surface area (Å²) in [6, 6.07) is 23.8. The Morgan fingerprint density at radius 2 is 1.01 bits per heavy atom. The van der Waals surface area contributed by atoms with Crippen LogP contribution in [0.5, 0.6) is 0 Å². The molecule has 1 amide bonds. The molecule has 0 aliphatic rings. The van der Waals surface area contributed by atoms with E-state index in [4.69, 9.17) is 20.3 Å². The lowest BCUT2D eigenvalue weighted by Crippen LogP contribution is -2.40. The lowest BCUT2D eigenvalue weighted by molar-refractivity contribution is -0.144. The summed E-state index contributed by atoms with van der Waals surface area (Å²) < 4.78 is 12.9. The second kappa shape index (κ2) is 31.7.